The Morgan fingerprint density at radius 1 is 1.10 bits per heavy atom. The molecule has 5 heterocycles. The number of aromatic nitrogens is 1. The molecule has 0 N–H and O–H groups in total. The molecule has 2 aromatic heterocycles. The molecule has 3 aliphatic heterocycles. The first-order valence-electron chi connectivity index (χ1n) is 10.5. The summed E-state index contributed by atoms with van der Waals surface area (Å²) in [4.78, 5) is 17.3. The molecule has 3 aliphatic rings. The van der Waals surface area contributed by atoms with Crippen LogP contribution in [0.4, 0.5) is 8.78 Å². The highest BCUT2D eigenvalue weighted by Crippen LogP contribution is 2.36. The molecule has 7 heteroatoms. The van der Waals surface area contributed by atoms with Crippen LogP contribution in [0, 0.1) is 5.92 Å². The highest BCUT2D eigenvalue weighted by molar-refractivity contribution is 5.23. The Balaban J connectivity index is 1.34. The number of hydrogen-bond donors (Lipinski definition) is 0. The van der Waals surface area contributed by atoms with Crippen LogP contribution in [0.25, 0.3) is 0 Å². The number of alkyl halides is 2. The molecule has 0 saturated carbocycles. The van der Waals surface area contributed by atoms with E-state index in [0.29, 0.717) is 36.9 Å². The summed E-state index contributed by atoms with van der Waals surface area (Å²) in [7, 11) is 0. The Kier molecular flexibility index (Phi) is 4.82. The Labute approximate surface area is 168 Å². The predicted molar refractivity (Wildman–Crippen MR) is 105 cm³/mol. The van der Waals surface area contributed by atoms with Gasteiger partial charge in [-0.1, -0.05) is 6.07 Å². The summed E-state index contributed by atoms with van der Waals surface area (Å²) < 4.78 is 34.6. The van der Waals surface area contributed by atoms with E-state index in [4.69, 9.17) is 4.42 Å². The highest BCUT2D eigenvalue weighted by Gasteiger charge is 2.37. The van der Waals surface area contributed by atoms with E-state index in [1.54, 1.807) is 17.4 Å². The van der Waals surface area contributed by atoms with Crippen LogP contribution >= 0.6 is 0 Å². The van der Waals surface area contributed by atoms with Crippen molar-refractivity contribution in [1.29, 1.82) is 0 Å². The molecule has 5 rings (SSSR count). The summed E-state index contributed by atoms with van der Waals surface area (Å²) in [6, 6.07) is 5.93. The van der Waals surface area contributed by atoms with Crippen molar-refractivity contribution in [2.24, 2.45) is 5.92 Å². The first kappa shape index (κ1) is 19.0. The average Bonchev–Trinajstić information content (AvgIpc) is 3.17. The lowest BCUT2D eigenvalue weighted by Crippen LogP contribution is -2.48. The first-order chi connectivity index (χ1) is 14.0. The maximum Gasteiger partial charge on any atom is 0.260 e. The molecule has 5 nitrogen and oxygen atoms in total. The van der Waals surface area contributed by atoms with Crippen molar-refractivity contribution < 1.29 is 13.2 Å². The Bertz CT molecular complexity index is 925. The van der Waals surface area contributed by atoms with E-state index in [9.17, 15) is 13.6 Å². The molecule has 2 atom stereocenters. The summed E-state index contributed by atoms with van der Waals surface area (Å²) >= 11 is 0. The number of nitrogens with zero attached hydrogens (tertiary/aromatic N) is 3. The van der Waals surface area contributed by atoms with Gasteiger partial charge in [-0.3, -0.25) is 14.6 Å². The van der Waals surface area contributed by atoms with Gasteiger partial charge in [-0.15, -0.1) is 0 Å². The monoisotopic (exact) mass is 403 g/mol. The lowest BCUT2D eigenvalue weighted by Gasteiger charge is -2.43. The van der Waals surface area contributed by atoms with Crippen molar-refractivity contribution in [2.75, 3.05) is 26.2 Å². The minimum Gasteiger partial charge on any atom is -0.472 e. The zero-order valence-corrected chi connectivity index (χ0v) is 16.5. The number of furan rings is 1. The number of likely N-dealkylation sites (tertiary alicyclic amines) is 2. The standard InChI is InChI=1S/C22H27F2N3O2/c23-22(24)5-1-6-25(15-22)12-18-2-3-20-19-8-17(11-27(20)21(18)28)10-26(13-19)9-16-4-7-29-14-16/h2-4,7,14,17,19H,1,5-6,8-13,15H2/t17-,19+/m0/s1. The summed E-state index contributed by atoms with van der Waals surface area (Å²) in [6.45, 7) is 4.19. The van der Waals surface area contributed by atoms with Gasteiger partial charge in [0.15, 0.2) is 0 Å². The molecule has 2 aromatic rings. The molecule has 0 aliphatic carbocycles. The van der Waals surface area contributed by atoms with Crippen molar-refractivity contribution in [3.05, 3.63) is 57.9 Å². The van der Waals surface area contributed by atoms with E-state index < -0.39 is 5.92 Å². The van der Waals surface area contributed by atoms with Crippen molar-refractivity contribution in [2.45, 2.75) is 50.7 Å². The summed E-state index contributed by atoms with van der Waals surface area (Å²) in [5.74, 6) is -1.85. The largest absolute Gasteiger partial charge is 0.472 e. The zero-order valence-electron chi connectivity index (χ0n) is 16.5. The Hall–Kier alpha value is -1.99. The maximum atomic E-state index is 13.7. The molecule has 0 spiro atoms. The molecule has 2 saturated heterocycles. The first-order valence-corrected chi connectivity index (χ1v) is 10.5. The molecule has 2 bridgehead atoms. The van der Waals surface area contributed by atoms with Crippen LogP contribution in [0.1, 0.15) is 42.0 Å². The third-order valence-corrected chi connectivity index (χ3v) is 6.61. The minimum atomic E-state index is -2.64. The van der Waals surface area contributed by atoms with Crippen LogP contribution in [0.3, 0.4) is 0 Å². The SMILES string of the molecule is O=c1c(CN2CCCC(F)(F)C2)ccc2n1C[C@H]1C[C@@H]2CN(Cc2ccoc2)C1. The Morgan fingerprint density at radius 2 is 2.00 bits per heavy atom. The van der Waals surface area contributed by atoms with Gasteiger partial charge in [-0.2, -0.15) is 0 Å². The normalized spacial score (nSPS) is 27.0. The predicted octanol–water partition coefficient (Wildman–Crippen LogP) is 3.29. The quantitative estimate of drug-likeness (QED) is 0.786. The van der Waals surface area contributed by atoms with Gasteiger partial charge in [-0.05, 0) is 37.4 Å². The zero-order chi connectivity index (χ0) is 20.0. The molecule has 2 fully saturated rings. The summed E-state index contributed by atoms with van der Waals surface area (Å²) in [5, 5.41) is 0. The molecule has 29 heavy (non-hydrogen) atoms. The minimum absolute atomic E-state index is 0.00868. The highest BCUT2D eigenvalue weighted by atomic mass is 19.3. The van der Waals surface area contributed by atoms with Crippen molar-refractivity contribution >= 4 is 0 Å². The van der Waals surface area contributed by atoms with E-state index in [2.05, 4.69) is 11.0 Å². The molecule has 156 valence electrons. The van der Waals surface area contributed by atoms with Gasteiger partial charge in [0.2, 0.25) is 0 Å². The molecular weight excluding hydrogens is 376 g/mol. The molecule has 0 radical (unpaired) electrons. The number of hydrogen-bond acceptors (Lipinski definition) is 4. The third kappa shape index (κ3) is 3.90. The van der Waals surface area contributed by atoms with Gasteiger partial charge in [0.1, 0.15) is 0 Å². The smallest absolute Gasteiger partial charge is 0.260 e. The van der Waals surface area contributed by atoms with Crippen molar-refractivity contribution in [1.82, 2.24) is 14.4 Å². The van der Waals surface area contributed by atoms with Crippen LogP contribution in [0.5, 0.6) is 0 Å². The second-order valence-electron chi connectivity index (χ2n) is 8.99. The van der Waals surface area contributed by atoms with E-state index in [1.807, 2.05) is 16.7 Å². The lowest BCUT2D eigenvalue weighted by atomic mass is 9.83. The molecular formula is C22H27F2N3O2. The van der Waals surface area contributed by atoms with Crippen molar-refractivity contribution in [3.8, 4) is 0 Å². The van der Waals surface area contributed by atoms with E-state index in [-0.39, 0.29) is 18.5 Å². The van der Waals surface area contributed by atoms with Gasteiger partial charge in [0, 0.05) is 61.9 Å². The van der Waals surface area contributed by atoms with Crippen LogP contribution in [0.2, 0.25) is 0 Å². The average molecular weight is 403 g/mol. The van der Waals surface area contributed by atoms with Crippen LogP contribution in [-0.4, -0.2) is 46.5 Å². The van der Waals surface area contributed by atoms with Crippen molar-refractivity contribution in [3.63, 3.8) is 0 Å². The van der Waals surface area contributed by atoms with Crippen LogP contribution < -0.4 is 5.56 Å². The number of halogens is 2. The fourth-order valence-electron chi connectivity index (χ4n) is 5.40. The van der Waals surface area contributed by atoms with Gasteiger partial charge in [0.25, 0.3) is 11.5 Å². The summed E-state index contributed by atoms with van der Waals surface area (Å²) in [5.41, 5.74) is 2.92. The maximum absolute atomic E-state index is 13.7. The van der Waals surface area contributed by atoms with Gasteiger partial charge >= 0.3 is 0 Å². The third-order valence-electron chi connectivity index (χ3n) is 6.61. The fourth-order valence-corrected chi connectivity index (χ4v) is 5.40. The number of rotatable bonds is 4. The summed E-state index contributed by atoms with van der Waals surface area (Å²) in [6.07, 6.45) is 5.04. The van der Waals surface area contributed by atoms with E-state index in [1.165, 1.54) is 5.56 Å². The van der Waals surface area contributed by atoms with E-state index in [0.717, 1.165) is 38.3 Å². The Morgan fingerprint density at radius 3 is 2.79 bits per heavy atom. The molecule has 0 amide bonds. The van der Waals surface area contributed by atoms with Gasteiger partial charge < -0.3 is 8.98 Å². The topological polar surface area (TPSA) is 41.6 Å². The second kappa shape index (κ2) is 7.36. The lowest BCUT2D eigenvalue weighted by molar-refractivity contribution is -0.0662. The number of pyridine rings is 1. The number of piperidine rings is 2. The van der Waals surface area contributed by atoms with Gasteiger partial charge in [0.05, 0.1) is 19.1 Å². The van der Waals surface area contributed by atoms with Crippen LogP contribution in [0.15, 0.2) is 39.9 Å². The second-order valence-corrected chi connectivity index (χ2v) is 8.99. The number of fused-ring (bicyclic) bond motifs is 4. The van der Waals surface area contributed by atoms with Gasteiger partial charge in [-0.25, -0.2) is 8.78 Å². The molecule has 0 aromatic carbocycles. The molecule has 0 unspecified atom stereocenters. The van der Waals surface area contributed by atoms with E-state index >= 15 is 0 Å². The van der Waals surface area contributed by atoms with Crippen LogP contribution in [-0.2, 0) is 19.6 Å². The fraction of sp³-hybridized carbons (Fsp3) is 0.591.